The quantitative estimate of drug-likeness (QED) is 0.409. The van der Waals surface area contributed by atoms with Gasteiger partial charge in [0.1, 0.15) is 12.4 Å². The first-order valence-corrected chi connectivity index (χ1v) is 14.4. The van der Waals surface area contributed by atoms with Gasteiger partial charge in [0.2, 0.25) is 5.91 Å². The zero-order chi connectivity index (χ0) is 28.3. The van der Waals surface area contributed by atoms with Gasteiger partial charge in [0, 0.05) is 55.1 Å². The van der Waals surface area contributed by atoms with Gasteiger partial charge in [-0.2, -0.15) is 15.2 Å². The van der Waals surface area contributed by atoms with E-state index in [9.17, 15) is 10.1 Å². The van der Waals surface area contributed by atoms with Crippen LogP contribution in [0.15, 0.2) is 49.2 Å². The predicted molar refractivity (Wildman–Crippen MR) is 158 cm³/mol. The van der Waals surface area contributed by atoms with Crippen LogP contribution >= 0.6 is 0 Å². The van der Waals surface area contributed by atoms with E-state index in [0.29, 0.717) is 44.8 Å². The van der Waals surface area contributed by atoms with Gasteiger partial charge in [0.15, 0.2) is 0 Å². The number of nitrogens with zero attached hydrogens (tertiary/aromatic N) is 8. The number of hydrogen-bond acceptors (Lipinski definition) is 9. The number of carbonyl (C=O) groups is 1. The maximum atomic E-state index is 12.5. The van der Waals surface area contributed by atoms with Crippen molar-refractivity contribution in [1.82, 2.24) is 24.8 Å². The molecule has 0 bridgehead atoms. The molecule has 212 valence electrons. The molecule has 0 aliphatic carbocycles. The van der Waals surface area contributed by atoms with Gasteiger partial charge in [-0.1, -0.05) is 24.8 Å². The highest BCUT2D eigenvalue weighted by atomic mass is 16.5. The Morgan fingerprint density at radius 3 is 2.83 bits per heavy atom. The van der Waals surface area contributed by atoms with E-state index in [1.165, 1.54) is 12.5 Å². The fraction of sp³-hybridized carbons (Fsp3) is 0.452. The number of carbonyl (C=O) groups excluding carboxylic acids is 1. The minimum absolute atomic E-state index is 0.139. The second kappa shape index (κ2) is 11.7. The third kappa shape index (κ3) is 5.42. The summed E-state index contributed by atoms with van der Waals surface area (Å²) in [7, 11) is 2.14. The zero-order valence-electron chi connectivity index (χ0n) is 23.6. The molecule has 0 saturated carbocycles. The monoisotopic (exact) mass is 552 g/mol. The van der Waals surface area contributed by atoms with Gasteiger partial charge in [0.05, 0.1) is 36.3 Å². The van der Waals surface area contributed by atoms with Gasteiger partial charge in [-0.25, -0.2) is 0 Å². The van der Waals surface area contributed by atoms with Crippen molar-refractivity contribution in [1.29, 1.82) is 5.26 Å². The van der Waals surface area contributed by atoms with Crippen LogP contribution in [0.5, 0.6) is 6.01 Å². The number of anilines is 2. The minimum atomic E-state index is -0.232. The third-order valence-corrected chi connectivity index (χ3v) is 8.63. The second-order valence-corrected chi connectivity index (χ2v) is 11.1. The maximum absolute atomic E-state index is 12.5. The number of benzene rings is 1. The number of amides is 1. The van der Waals surface area contributed by atoms with E-state index in [-0.39, 0.29) is 18.4 Å². The Morgan fingerprint density at radius 2 is 2.02 bits per heavy atom. The summed E-state index contributed by atoms with van der Waals surface area (Å²) in [4.78, 5) is 35.6. The molecule has 3 aliphatic rings. The lowest BCUT2D eigenvalue weighted by molar-refractivity contribution is -0.128. The van der Waals surface area contributed by atoms with Crippen LogP contribution in [0, 0.1) is 11.3 Å². The number of nitriles is 1. The molecule has 1 aromatic carbocycles. The van der Waals surface area contributed by atoms with Crippen molar-refractivity contribution in [3.8, 4) is 12.1 Å². The molecule has 2 atom stereocenters. The van der Waals surface area contributed by atoms with Gasteiger partial charge < -0.3 is 24.3 Å². The molecule has 6 rings (SSSR count). The van der Waals surface area contributed by atoms with Crippen LogP contribution in [0.2, 0.25) is 0 Å². The standard InChI is InChI=1S/C31H36N8O2/c1-3-29(40)39-18-17-38(19-22(39)10-13-32)30-25-12-16-37(28-11-14-33-26-9-5-4-8-24(26)28)20-27(25)34-31(35-30)41-21-23-7-6-15-36(23)2/h3-5,8-9,11,14,22-23H,1,6-7,10,12,15-21H2,2H3/t22?,23-/m0/s1. The molecule has 0 radical (unpaired) electrons. The van der Waals surface area contributed by atoms with Crippen molar-refractivity contribution in [2.75, 3.05) is 56.2 Å². The smallest absolute Gasteiger partial charge is 0.318 e. The van der Waals surface area contributed by atoms with E-state index >= 15 is 0 Å². The number of fused-ring (bicyclic) bond motifs is 2. The molecule has 3 aromatic rings. The van der Waals surface area contributed by atoms with Crippen LogP contribution in [-0.2, 0) is 17.8 Å². The molecule has 2 aromatic heterocycles. The van der Waals surface area contributed by atoms with Crippen molar-refractivity contribution < 1.29 is 9.53 Å². The number of pyridine rings is 1. The minimum Gasteiger partial charge on any atom is -0.462 e. The first-order valence-electron chi connectivity index (χ1n) is 14.4. The number of aromatic nitrogens is 3. The highest BCUT2D eigenvalue weighted by molar-refractivity contribution is 5.91. The Hall–Kier alpha value is -4.23. The Morgan fingerprint density at radius 1 is 1.15 bits per heavy atom. The van der Waals surface area contributed by atoms with Crippen molar-refractivity contribution in [2.24, 2.45) is 0 Å². The van der Waals surface area contributed by atoms with Crippen LogP contribution < -0.4 is 14.5 Å². The van der Waals surface area contributed by atoms with Crippen LogP contribution in [0.3, 0.4) is 0 Å². The summed E-state index contributed by atoms with van der Waals surface area (Å²) in [5.74, 6) is 0.720. The van der Waals surface area contributed by atoms with Gasteiger partial charge in [-0.05, 0) is 51.1 Å². The van der Waals surface area contributed by atoms with Gasteiger partial charge in [-0.3, -0.25) is 9.78 Å². The molecule has 5 heterocycles. The Bertz CT molecular complexity index is 1480. The summed E-state index contributed by atoms with van der Waals surface area (Å²) in [5, 5.41) is 10.6. The fourth-order valence-electron chi connectivity index (χ4n) is 6.37. The van der Waals surface area contributed by atoms with Crippen LogP contribution in [0.1, 0.15) is 30.5 Å². The van der Waals surface area contributed by atoms with Crippen molar-refractivity contribution >= 4 is 28.3 Å². The molecule has 10 nitrogen and oxygen atoms in total. The van der Waals surface area contributed by atoms with E-state index in [4.69, 9.17) is 14.7 Å². The Labute approximate surface area is 240 Å². The molecule has 3 aliphatic heterocycles. The maximum Gasteiger partial charge on any atom is 0.318 e. The highest BCUT2D eigenvalue weighted by Gasteiger charge is 2.33. The molecular weight excluding hydrogens is 516 g/mol. The lowest BCUT2D eigenvalue weighted by Gasteiger charge is -2.42. The molecule has 1 unspecified atom stereocenters. The SMILES string of the molecule is C=CC(=O)N1CCN(c2nc(OC[C@@H]3CCCN3C)nc3c2CCN(c2ccnc4ccccc24)C3)CC1CC#N. The fourth-order valence-corrected chi connectivity index (χ4v) is 6.37. The largest absolute Gasteiger partial charge is 0.462 e. The van der Waals surface area contributed by atoms with Crippen molar-refractivity contribution in [2.45, 2.75) is 44.3 Å². The number of likely N-dealkylation sites (N-methyl/N-ethyl adjacent to an activating group) is 1. The molecule has 2 fully saturated rings. The van der Waals surface area contributed by atoms with E-state index in [0.717, 1.165) is 59.6 Å². The first kappa shape index (κ1) is 27.0. The molecule has 2 saturated heterocycles. The summed E-state index contributed by atoms with van der Waals surface area (Å²) in [6.07, 6.45) is 6.50. The van der Waals surface area contributed by atoms with Gasteiger partial charge in [0.25, 0.3) is 0 Å². The molecular formula is C31H36N8O2. The zero-order valence-corrected chi connectivity index (χ0v) is 23.6. The topological polar surface area (TPSA) is 102 Å². The summed E-state index contributed by atoms with van der Waals surface area (Å²) in [6, 6.07) is 13.1. The average Bonchev–Trinajstić information content (AvgIpc) is 3.43. The molecule has 1 amide bonds. The number of likely N-dealkylation sites (tertiary alicyclic amines) is 1. The van der Waals surface area contributed by atoms with E-state index < -0.39 is 0 Å². The molecule has 10 heteroatoms. The number of piperazine rings is 1. The third-order valence-electron chi connectivity index (χ3n) is 8.63. The molecule has 0 spiro atoms. The highest BCUT2D eigenvalue weighted by Crippen LogP contribution is 2.34. The summed E-state index contributed by atoms with van der Waals surface area (Å²) in [5.41, 5.74) is 4.18. The van der Waals surface area contributed by atoms with Crippen LogP contribution in [-0.4, -0.2) is 89.1 Å². The van der Waals surface area contributed by atoms with Crippen LogP contribution in [0.4, 0.5) is 11.5 Å². The number of ether oxygens (including phenoxy) is 1. The Balaban J connectivity index is 1.33. The first-order chi connectivity index (χ1) is 20.1. The summed E-state index contributed by atoms with van der Waals surface area (Å²) >= 11 is 0. The summed E-state index contributed by atoms with van der Waals surface area (Å²) in [6.45, 7) is 8.38. The molecule has 41 heavy (non-hydrogen) atoms. The normalized spacial score (nSPS) is 21.0. The van der Waals surface area contributed by atoms with E-state index in [2.05, 4.69) is 51.5 Å². The van der Waals surface area contributed by atoms with E-state index in [1.54, 1.807) is 4.90 Å². The Kier molecular flexibility index (Phi) is 7.70. The van der Waals surface area contributed by atoms with Crippen molar-refractivity contribution in [3.63, 3.8) is 0 Å². The van der Waals surface area contributed by atoms with E-state index in [1.807, 2.05) is 24.4 Å². The average molecular weight is 553 g/mol. The van der Waals surface area contributed by atoms with Crippen LogP contribution in [0.25, 0.3) is 10.9 Å². The predicted octanol–water partition coefficient (Wildman–Crippen LogP) is 3.18. The number of hydrogen-bond donors (Lipinski definition) is 0. The second-order valence-electron chi connectivity index (χ2n) is 11.1. The lowest BCUT2D eigenvalue weighted by atomic mass is 10.0. The summed E-state index contributed by atoms with van der Waals surface area (Å²) < 4.78 is 6.27. The van der Waals surface area contributed by atoms with Gasteiger partial charge >= 0.3 is 6.01 Å². The number of rotatable bonds is 7. The van der Waals surface area contributed by atoms with Gasteiger partial charge in [-0.15, -0.1) is 0 Å². The lowest BCUT2D eigenvalue weighted by Crippen LogP contribution is -2.55. The number of para-hydroxylation sites is 1. The molecule has 0 N–H and O–H groups in total. The van der Waals surface area contributed by atoms with Crippen molar-refractivity contribution in [3.05, 3.63) is 60.4 Å².